The number of halogens is 2. The van der Waals surface area contributed by atoms with Gasteiger partial charge in [0.2, 0.25) is 0 Å². The minimum Gasteiger partial charge on any atom is -0.294 e. The summed E-state index contributed by atoms with van der Waals surface area (Å²) in [4.78, 5) is 11.4. The van der Waals surface area contributed by atoms with Gasteiger partial charge in [-0.3, -0.25) is 4.79 Å². The molecule has 0 saturated carbocycles. The molecule has 13 heavy (non-hydrogen) atoms. The first-order chi connectivity index (χ1) is 6.09. The highest BCUT2D eigenvalue weighted by Gasteiger charge is 2.28. The first-order valence-corrected chi connectivity index (χ1v) is 4.49. The Morgan fingerprint density at radius 3 is 2.92 bits per heavy atom. The van der Waals surface area contributed by atoms with Crippen molar-refractivity contribution in [3.05, 3.63) is 34.1 Å². The minimum absolute atomic E-state index is 0.0103. The highest BCUT2D eigenvalue weighted by Crippen LogP contribution is 2.37. The van der Waals surface area contributed by atoms with Gasteiger partial charge in [0, 0.05) is 17.0 Å². The van der Waals surface area contributed by atoms with Gasteiger partial charge in [-0.15, -0.1) is 0 Å². The molecule has 0 fully saturated rings. The third kappa shape index (κ3) is 1.25. The number of hydrogen-bond donors (Lipinski definition) is 0. The SMILES string of the molecule is CC1CC(=O)c2cc(F)cc(Cl)c21. The number of hydrogen-bond acceptors (Lipinski definition) is 1. The van der Waals surface area contributed by atoms with Crippen LogP contribution in [0, 0.1) is 5.82 Å². The molecular formula is C10H8ClFO. The zero-order valence-corrected chi connectivity index (χ0v) is 7.86. The Labute approximate surface area is 80.5 Å². The van der Waals surface area contributed by atoms with Crippen molar-refractivity contribution in [1.82, 2.24) is 0 Å². The normalized spacial score (nSPS) is 20.5. The molecule has 0 bridgehead atoms. The Kier molecular flexibility index (Phi) is 1.88. The summed E-state index contributed by atoms with van der Waals surface area (Å²) in [6, 6.07) is 2.53. The summed E-state index contributed by atoms with van der Waals surface area (Å²) < 4.78 is 12.9. The lowest BCUT2D eigenvalue weighted by molar-refractivity contribution is 0.0990. The van der Waals surface area contributed by atoms with E-state index in [1.807, 2.05) is 6.92 Å². The number of benzene rings is 1. The molecule has 1 aromatic rings. The smallest absolute Gasteiger partial charge is 0.163 e. The van der Waals surface area contributed by atoms with Crippen LogP contribution in [0.2, 0.25) is 5.02 Å². The van der Waals surface area contributed by atoms with Gasteiger partial charge in [0.15, 0.2) is 5.78 Å². The molecule has 0 N–H and O–H groups in total. The molecule has 1 aliphatic carbocycles. The van der Waals surface area contributed by atoms with Gasteiger partial charge in [0.25, 0.3) is 0 Å². The van der Waals surface area contributed by atoms with Crippen molar-refractivity contribution >= 4 is 17.4 Å². The first-order valence-electron chi connectivity index (χ1n) is 4.11. The van der Waals surface area contributed by atoms with E-state index in [9.17, 15) is 9.18 Å². The summed E-state index contributed by atoms with van der Waals surface area (Å²) in [5, 5.41) is 0.369. The molecule has 0 heterocycles. The number of carbonyl (C=O) groups is 1. The topological polar surface area (TPSA) is 17.1 Å². The van der Waals surface area contributed by atoms with Crippen LogP contribution in [-0.2, 0) is 0 Å². The summed E-state index contributed by atoms with van der Waals surface area (Å²) in [6.07, 6.45) is 0.443. The highest BCUT2D eigenvalue weighted by atomic mass is 35.5. The molecule has 1 nitrogen and oxygen atoms in total. The van der Waals surface area contributed by atoms with Crippen LogP contribution in [0.5, 0.6) is 0 Å². The van der Waals surface area contributed by atoms with Gasteiger partial charge in [-0.25, -0.2) is 4.39 Å². The van der Waals surface area contributed by atoms with Crippen LogP contribution in [0.3, 0.4) is 0 Å². The van der Waals surface area contributed by atoms with Gasteiger partial charge in [0.05, 0.1) is 0 Å². The average Bonchev–Trinajstić information content (AvgIpc) is 2.27. The quantitative estimate of drug-likeness (QED) is 0.626. The van der Waals surface area contributed by atoms with Crippen LogP contribution in [0.15, 0.2) is 12.1 Å². The molecule has 1 aromatic carbocycles. The number of Topliss-reactive ketones (excluding diaryl/α,β-unsaturated/α-hetero) is 1. The zero-order valence-electron chi connectivity index (χ0n) is 7.10. The predicted octanol–water partition coefficient (Wildman–Crippen LogP) is 3.17. The molecule has 3 heteroatoms. The van der Waals surface area contributed by atoms with Gasteiger partial charge in [-0.2, -0.15) is 0 Å². The maximum atomic E-state index is 12.9. The van der Waals surface area contributed by atoms with Gasteiger partial charge in [-0.05, 0) is 23.6 Å². The maximum Gasteiger partial charge on any atom is 0.163 e. The van der Waals surface area contributed by atoms with Crippen molar-refractivity contribution in [2.45, 2.75) is 19.3 Å². The fourth-order valence-electron chi connectivity index (χ4n) is 1.81. The van der Waals surface area contributed by atoms with Crippen LogP contribution in [-0.4, -0.2) is 5.78 Å². The van der Waals surface area contributed by atoms with Crippen molar-refractivity contribution in [2.75, 3.05) is 0 Å². The van der Waals surface area contributed by atoms with Crippen molar-refractivity contribution in [2.24, 2.45) is 0 Å². The number of fused-ring (bicyclic) bond motifs is 1. The molecule has 1 atom stereocenters. The molecule has 0 aromatic heterocycles. The van der Waals surface area contributed by atoms with Crippen molar-refractivity contribution < 1.29 is 9.18 Å². The van der Waals surface area contributed by atoms with Gasteiger partial charge in [0.1, 0.15) is 5.82 Å². The first kappa shape index (κ1) is 8.70. The molecule has 1 aliphatic rings. The predicted molar refractivity (Wildman–Crippen MR) is 48.8 cm³/mol. The zero-order chi connectivity index (χ0) is 9.59. The molecule has 68 valence electrons. The van der Waals surface area contributed by atoms with Gasteiger partial charge < -0.3 is 0 Å². The largest absolute Gasteiger partial charge is 0.294 e. The second kappa shape index (κ2) is 2.81. The monoisotopic (exact) mass is 198 g/mol. The fraction of sp³-hybridized carbons (Fsp3) is 0.300. The molecule has 0 aliphatic heterocycles. The van der Waals surface area contributed by atoms with E-state index in [4.69, 9.17) is 11.6 Å². The number of carbonyl (C=O) groups excluding carboxylic acids is 1. The number of rotatable bonds is 0. The molecular weight excluding hydrogens is 191 g/mol. The lowest BCUT2D eigenvalue weighted by Crippen LogP contribution is -1.92. The Morgan fingerprint density at radius 1 is 1.54 bits per heavy atom. The van der Waals surface area contributed by atoms with Crippen LogP contribution >= 0.6 is 11.6 Å². The van der Waals surface area contributed by atoms with E-state index < -0.39 is 5.82 Å². The maximum absolute atomic E-state index is 12.9. The van der Waals surface area contributed by atoms with Crippen molar-refractivity contribution in [3.8, 4) is 0 Å². The molecule has 0 radical (unpaired) electrons. The van der Waals surface area contributed by atoms with Crippen molar-refractivity contribution in [1.29, 1.82) is 0 Å². The Hall–Kier alpha value is -0.890. The van der Waals surface area contributed by atoms with Crippen LogP contribution in [0.4, 0.5) is 4.39 Å². The lowest BCUT2D eigenvalue weighted by Gasteiger charge is -2.05. The van der Waals surface area contributed by atoms with E-state index in [1.54, 1.807) is 0 Å². The summed E-state index contributed by atoms with van der Waals surface area (Å²) in [5.41, 5.74) is 1.26. The van der Waals surface area contributed by atoms with E-state index in [-0.39, 0.29) is 11.7 Å². The third-order valence-electron chi connectivity index (χ3n) is 2.38. The number of ketones is 1. The summed E-state index contributed by atoms with van der Waals surface area (Å²) in [7, 11) is 0. The summed E-state index contributed by atoms with van der Waals surface area (Å²) in [5.74, 6) is -0.328. The minimum atomic E-state index is -0.439. The van der Waals surface area contributed by atoms with Crippen LogP contribution < -0.4 is 0 Å². The van der Waals surface area contributed by atoms with Gasteiger partial charge >= 0.3 is 0 Å². The standard InChI is InChI=1S/C10H8ClFO/c1-5-2-9(13)7-3-6(12)4-8(11)10(5)7/h3-5H,2H2,1H3. The lowest BCUT2D eigenvalue weighted by atomic mass is 10.0. The molecule has 2 rings (SSSR count). The average molecular weight is 199 g/mol. The van der Waals surface area contributed by atoms with Crippen LogP contribution in [0.1, 0.15) is 35.2 Å². The Bertz CT molecular complexity index is 387. The van der Waals surface area contributed by atoms with E-state index in [2.05, 4.69) is 0 Å². The third-order valence-corrected chi connectivity index (χ3v) is 2.69. The second-order valence-corrected chi connectivity index (χ2v) is 3.78. The van der Waals surface area contributed by atoms with E-state index >= 15 is 0 Å². The van der Waals surface area contributed by atoms with E-state index in [0.717, 1.165) is 5.56 Å². The van der Waals surface area contributed by atoms with E-state index in [0.29, 0.717) is 17.0 Å². The summed E-state index contributed by atoms with van der Waals surface area (Å²) in [6.45, 7) is 1.92. The summed E-state index contributed by atoms with van der Waals surface area (Å²) >= 11 is 5.84. The molecule has 0 amide bonds. The molecule has 0 saturated heterocycles. The molecule has 1 unspecified atom stereocenters. The van der Waals surface area contributed by atoms with Crippen molar-refractivity contribution in [3.63, 3.8) is 0 Å². The molecule has 0 spiro atoms. The van der Waals surface area contributed by atoms with E-state index in [1.165, 1.54) is 12.1 Å². The second-order valence-electron chi connectivity index (χ2n) is 3.38. The van der Waals surface area contributed by atoms with Crippen LogP contribution in [0.25, 0.3) is 0 Å². The highest BCUT2D eigenvalue weighted by molar-refractivity contribution is 6.32. The Balaban J connectivity index is 2.69. The Morgan fingerprint density at radius 2 is 2.23 bits per heavy atom. The van der Waals surface area contributed by atoms with Gasteiger partial charge in [-0.1, -0.05) is 18.5 Å². The fourth-order valence-corrected chi connectivity index (χ4v) is 2.20.